The molecule has 2 aromatic carbocycles. The minimum Gasteiger partial charge on any atom is -0.461 e. The van der Waals surface area contributed by atoms with Gasteiger partial charge in [-0.1, -0.05) is 41.6 Å². The fraction of sp³-hybridized carbons (Fsp3) is 0.222. The van der Waals surface area contributed by atoms with Crippen LogP contribution in [0.1, 0.15) is 18.4 Å². The quantitative estimate of drug-likeness (QED) is 0.811. The summed E-state index contributed by atoms with van der Waals surface area (Å²) in [7, 11) is 0. The fourth-order valence-corrected chi connectivity index (χ4v) is 2.54. The van der Waals surface area contributed by atoms with Crippen LogP contribution < -0.4 is 0 Å². The summed E-state index contributed by atoms with van der Waals surface area (Å²) in [6, 6.07) is 14.0. The number of hydrogen-bond donors (Lipinski definition) is 0. The fourth-order valence-electron chi connectivity index (χ4n) is 2.54. The lowest BCUT2D eigenvalue weighted by Gasteiger charge is -2.12. The average molecular weight is 313 g/mol. The van der Waals surface area contributed by atoms with Crippen LogP contribution in [0.5, 0.6) is 0 Å². The molecule has 1 aliphatic heterocycles. The summed E-state index contributed by atoms with van der Waals surface area (Å²) >= 11 is 0. The van der Waals surface area contributed by atoms with Gasteiger partial charge in [0.2, 0.25) is 0 Å². The van der Waals surface area contributed by atoms with Crippen LogP contribution in [0.4, 0.5) is 4.39 Å². The van der Waals surface area contributed by atoms with E-state index < -0.39 is 5.97 Å². The highest BCUT2D eigenvalue weighted by atomic mass is 19.1. The normalized spacial score (nSPS) is 16.6. The van der Waals surface area contributed by atoms with Crippen molar-refractivity contribution in [3.05, 3.63) is 59.9 Å². The molecule has 4 nitrogen and oxygen atoms in total. The first kappa shape index (κ1) is 15.2. The number of nitrogens with zero attached hydrogens (tertiary/aromatic N) is 1. The van der Waals surface area contributed by atoms with Gasteiger partial charge in [0.1, 0.15) is 12.4 Å². The monoisotopic (exact) mass is 313 g/mol. The third kappa shape index (κ3) is 3.23. The third-order valence-corrected chi connectivity index (χ3v) is 3.69. The molecular weight excluding hydrogens is 297 g/mol. The van der Waals surface area contributed by atoms with Crippen LogP contribution in [0.2, 0.25) is 0 Å². The van der Waals surface area contributed by atoms with E-state index in [2.05, 4.69) is 5.16 Å². The molecule has 5 heteroatoms. The Hall–Kier alpha value is -2.69. The number of ether oxygens (including phenoxy) is 1. The first-order valence-electron chi connectivity index (χ1n) is 7.42. The number of oxime groups is 1. The number of halogens is 1. The largest absolute Gasteiger partial charge is 0.461 e. The van der Waals surface area contributed by atoms with E-state index in [1.165, 1.54) is 12.1 Å². The molecule has 0 aromatic heterocycles. The van der Waals surface area contributed by atoms with Crippen LogP contribution in [0.3, 0.4) is 0 Å². The number of esters is 1. The molecule has 0 amide bonds. The maximum absolute atomic E-state index is 13.1. The zero-order valence-corrected chi connectivity index (χ0v) is 12.7. The lowest BCUT2D eigenvalue weighted by atomic mass is 9.92. The topological polar surface area (TPSA) is 47.9 Å². The number of carbonyl (C=O) groups excluding carboxylic acids is 1. The molecule has 0 spiro atoms. The lowest BCUT2D eigenvalue weighted by molar-refractivity contribution is -0.135. The summed E-state index contributed by atoms with van der Waals surface area (Å²) in [5.41, 5.74) is 3.04. The van der Waals surface area contributed by atoms with Crippen LogP contribution in [0.15, 0.2) is 53.7 Å². The van der Waals surface area contributed by atoms with Crippen molar-refractivity contribution < 1.29 is 18.8 Å². The van der Waals surface area contributed by atoms with E-state index in [9.17, 15) is 9.18 Å². The standard InChI is InChI=1S/C18H16FNO3/c1-2-22-18(21)17-16(11-23-20-17)14-5-3-4-13(10-14)12-6-8-15(19)9-7-12/h3-10,16H,2,11H2,1H3. The zero-order chi connectivity index (χ0) is 16.2. The van der Waals surface area contributed by atoms with Gasteiger partial charge in [0, 0.05) is 0 Å². The van der Waals surface area contributed by atoms with Crippen molar-refractivity contribution >= 4 is 11.7 Å². The Balaban J connectivity index is 1.89. The second-order valence-electron chi connectivity index (χ2n) is 5.18. The van der Waals surface area contributed by atoms with Crippen molar-refractivity contribution in [3.8, 4) is 11.1 Å². The molecule has 0 radical (unpaired) electrons. The van der Waals surface area contributed by atoms with E-state index in [1.807, 2.05) is 24.3 Å². The summed E-state index contributed by atoms with van der Waals surface area (Å²) in [4.78, 5) is 17.0. The van der Waals surface area contributed by atoms with Crippen LogP contribution in [-0.4, -0.2) is 24.9 Å². The van der Waals surface area contributed by atoms with Gasteiger partial charge in [0.05, 0.1) is 12.5 Å². The number of hydrogen-bond acceptors (Lipinski definition) is 4. The van der Waals surface area contributed by atoms with E-state index in [1.54, 1.807) is 19.1 Å². The Morgan fingerprint density at radius 1 is 1.26 bits per heavy atom. The van der Waals surface area contributed by atoms with Crippen molar-refractivity contribution in [2.24, 2.45) is 5.16 Å². The summed E-state index contributed by atoms with van der Waals surface area (Å²) < 4.78 is 18.1. The molecule has 0 fully saturated rings. The molecule has 118 valence electrons. The highest BCUT2D eigenvalue weighted by Crippen LogP contribution is 2.28. The van der Waals surface area contributed by atoms with Crippen molar-refractivity contribution in [3.63, 3.8) is 0 Å². The minimum absolute atomic E-state index is 0.255. The molecule has 0 bridgehead atoms. The molecule has 0 saturated heterocycles. The van der Waals surface area contributed by atoms with E-state index >= 15 is 0 Å². The highest BCUT2D eigenvalue weighted by Gasteiger charge is 2.31. The summed E-state index contributed by atoms with van der Waals surface area (Å²) in [5.74, 6) is -0.984. The SMILES string of the molecule is CCOC(=O)C1=NOCC1c1cccc(-c2ccc(F)cc2)c1. The van der Waals surface area contributed by atoms with Gasteiger partial charge in [-0.25, -0.2) is 9.18 Å². The van der Waals surface area contributed by atoms with Gasteiger partial charge in [-0.05, 0) is 35.7 Å². The molecule has 0 aliphatic carbocycles. The molecule has 23 heavy (non-hydrogen) atoms. The van der Waals surface area contributed by atoms with Crippen molar-refractivity contribution in [2.75, 3.05) is 13.2 Å². The van der Waals surface area contributed by atoms with Gasteiger partial charge < -0.3 is 9.57 Å². The number of benzene rings is 2. The summed E-state index contributed by atoms with van der Waals surface area (Å²) in [6.07, 6.45) is 0. The van der Waals surface area contributed by atoms with Crippen LogP contribution in [0, 0.1) is 5.82 Å². The van der Waals surface area contributed by atoms with Gasteiger partial charge in [0.15, 0.2) is 5.71 Å². The van der Waals surface area contributed by atoms with E-state index in [0.717, 1.165) is 16.7 Å². The Kier molecular flexibility index (Phi) is 4.37. The van der Waals surface area contributed by atoms with E-state index in [0.29, 0.717) is 13.2 Å². The first-order chi connectivity index (χ1) is 11.2. The van der Waals surface area contributed by atoms with Crippen molar-refractivity contribution in [1.29, 1.82) is 0 Å². The number of rotatable bonds is 4. The maximum Gasteiger partial charge on any atom is 0.356 e. The third-order valence-electron chi connectivity index (χ3n) is 3.69. The molecule has 1 unspecified atom stereocenters. The van der Waals surface area contributed by atoms with Gasteiger partial charge in [-0.2, -0.15) is 0 Å². The molecule has 0 N–H and O–H groups in total. The van der Waals surface area contributed by atoms with Crippen LogP contribution in [0.25, 0.3) is 11.1 Å². The summed E-state index contributed by atoms with van der Waals surface area (Å²) in [5, 5.41) is 3.82. The van der Waals surface area contributed by atoms with Crippen molar-refractivity contribution in [1.82, 2.24) is 0 Å². The van der Waals surface area contributed by atoms with Gasteiger partial charge >= 0.3 is 5.97 Å². The first-order valence-corrected chi connectivity index (χ1v) is 7.42. The van der Waals surface area contributed by atoms with Gasteiger partial charge in [-0.3, -0.25) is 0 Å². The molecule has 0 saturated carbocycles. The predicted molar refractivity (Wildman–Crippen MR) is 84.6 cm³/mol. The predicted octanol–water partition coefficient (Wildman–Crippen LogP) is 3.53. The van der Waals surface area contributed by atoms with Crippen molar-refractivity contribution in [2.45, 2.75) is 12.8 Å². The average Bonchev–Trinajstić information content (AvgIpc) is 3.06. The Morgan fingerprint density at radius 2 is 2.04 bits per heavy atom. The van der Waals surface area contributed by atoms with Gasteiger partial charge in [0.25, 0.3) is 0 Å². The summed E-state index contributed by atoms with van der Waals surface area (Å²) in [6.45, 7) is 2.35. The lowest BCUT2D eigenvalue weighted by Crippen LogP contribution is -2.23. The molecule has 1 aliphatic rings. The van der Waals surface area contributed by atoms with E-state index in [4.69, 9.17) is 9.57 Å². The highest BCUT2D eigenvalue weighted by molar-refractivity contribution is 6.38. The maximum atomic E-state index is 13.1. The van der Waals surface area contributed by atoms with Crippen LogP contribution in [-0.2, 0) is 14.4 Å². The minimum atomic E-state index is -0.456. The molecular formula is C18H16FNO3. The Bertz CT molecular complexity index is 740. The Morgan fingerprint density at radius 3 is 2.78 bits per heavy atom. The van der Waals surface area contributed by atoms with Gasteiger partial charge in [-0.15, -0.1) is 0 Å². The molecule has 2 aromatic rings. The number of carbonyl (C=O) groups is 1. The van der Waals surface area contributed by atoms with Crippen LogP contribution >= 0.6 is 0 Å². The smallest absolute Gasteiger partial charge is 0.356 e. The molecule has 1 atom stereocenters. The molecule has 3 rings (SSSR count). The molecule has 1 heterocycles. The Labute approximate surface area is 133 Å². The second kappa shape index (κ2) is 6.60. The van der Waals surface area contributed by atoms with E-state index in [-0.39, 0.29) is 17.4 Å². The second-order valence-corrected chi connectivity index (χ2v) is 5.18. The zero-order valence-electron chi connectivity index (χ0n) is 12.7.